The van der Waals surface area contributed by atoms with Gasteiger partial charge in [-0.1, -0.05) is 90.9 Å². The van der Waals surface area contributed by atoms with Gasteiger partial charge in [0.15, 0.2) is 0 Å². The number of hydrogen-bond donors (Lipinski definition) is 0. The first kappa shape index (κ1) is 23.2. The first-order valence-corrected chi connectivity index (χ1v) is 14.7. The number of fused-ring (bicyclic) bond motifs is 3. The van der Waals surface area contributed by atoms with Crippen molar-refractivity contribution in [3.05, 3.63) is 0 Å². The van der Waals surface area contributed by atoms with Crippen molar-refractivity contribution in [2.24, 2.45) is 34.5 Å². The first-order chi connectivity index (χ1) is 14.7. The lowest BCUT2D eigenvalue weighted by Gasteiger charge is -2.60. The molecule has 0 saturated heterocycles. The second-order valence-electron chi connectivity index (χ2n) is 12.7. The fraction of sp³-hybridized carbons (Fsp3) is 1.00. The topological polar surface area (TPSA) is 0 Å². The molecular formula is C30H54. The molecule has 0 atom stereocenters. The zero-order valence-electron chi connectivity index (χ0n) is 20.9. The summed E-state index contributed by atoms with van der Waals surface area (Å²) in [6.07, 6.45) is 34.2. The molecule has 0 heteroatoms. The molecule has 0 amide bonds. The zero-order valence-corrected chi connectivity index (χ0v) is 20.9. The van der Waals surface area contributed by atoms with Gasteiger partial charge in [0.2, 0.25) is 0 Å². The monoisotopic (exact) mass is 414 g/mol. The van der Waals surface area contributed by atoms with Gasteiger partial charge in [-0.15, -0.1) is 0 Å². The van der Waals surface area contributed by atoms with Gasteiger partial charge in [0.25, 0.3) is 0 Å². The maximum absolute atomic E-state index is 2.35. The molecule has 0 radical (unpaired) electrons. The third-order valence-corrected chi connectivity index (χ3v) is 11.2. The van der Waals surface area contributed by atoms with Gasteiger partial charge in [0, 0.05) is 0 Å². The minimum Gasteiger partial charge on any atom is -0.0654 e. The van der Waals surface area contributed by atoms with Crippen molar-refractivity contribution in [2.75, 3.05) is 0 Å². The van der Waals surface area contributed by atoms with Crippen LogP contribution in [0.15, 0.2) is 0 Å². The largest absolute Gasteiger partial charge is 0.0654 e. The molecule has 0 unspecified atom stereocenters. The smallest absolute Gasteiger partial charge is 0.0269 e. The van der Waals surface area contributed by atoms with Crippen molar-refractivity contribution in [3.8, 4) is 0 Å². The summed E-state index contributed by atoms with van der Waals surface area (Å²) in [4.78, 5) is 0. The maximum Gasteiger partial charge on any atom is -0.0269 e. The van der Waals surface area contributed by atoms with Crippen LogP contribution in [-0.2, 0) is 0 Å². The Bertz CT molecular complexity index is 418. The molecule has 5 aliphatic carbocycles. The zero-order chi connectivity index (χ0) is 20.9. The molecule has 0 aromatic rings. The van der Waals surface area contributed by atoms with E-state index in [-0.39, 0.29) is 0 Å². The molecule has 0 spiro atoms. The van der Waals surface area contributed by atoms with Crippen LogP contribution in [0.5, 0.6) is 0 Å². The van der Waals surface area contributed by atoms with E-state index < -0.39 is 0 Å². The van der Waals surface area contributed by atoms with E-state index in [1.165, 1.54) is 51.4 Å². The van der Waals surface area contributed by atoms with Crippen molar-refractivity contribution in [3.63, 3.8) is 0 Å². The number of unbranched alkanes of at least 4 members (excludes halogenated alkanes) is 4. The third kappa shape index (κ3) is 5.14. The van der Waals surface area contributed by atoms with Gasteiger partial charge in [0.05, 0.1) is 0 Å². The van der Waals surface area contributed by atoms with Gasteiger partial charge in [-0.25, -0.2) is 0 Å². The summed E-state index contributed by atoms with van der Waals surface area (Å²) < 4.78 is 0. The summed E-state index contributed by atoms with van der Waals surface area (Å²) in [7, 11) is 0. The van der Waals surface area contributed by atoms with Crippen LogP contribution in [0.4, 0.5) is 0 Å². The second kappa shape index (κ2) is 10.7. The van der Waals surface area contributed by atoms with Crippen molar-refractivity contribution in [2.45, 2.75) is 155 Å². The summed E-state index contributed by atoms with van der Waals surface area (Å²) in [5.41, 5.74) is 1.60. The fourth-order valence-corrected chi connectivity index (χ4v) is 8.96. The van der Waals surface area contributed by atoms with Gasteiger partial charge < -0.3 is 0 Å². The molecule has 0 nitrogen and oxygen atoms in total. The average molecular weight is 415 g/mol. The molecule has 0 aliphatic heterocycles. The third-order valence-electron chi connectivity index (χ3n) is 11.2. The van der Waals surface area contributed by atoms with Gasteiger partial charge in [-0.05, 0) is 98.7 Å². The van der Waals surface area contributed by atoms with Crippen molar-refractivity contribution >= 4 is 0 Å². The highest BCUT2D eigenvalue weighted by atomic mass is 14.6. The molecule has 5 rings (SSSR count). The second-order valence-corrected chi connectivity index (χ2v) is 12.7. The number of rotatable bonds is 10. The quantitative estimate of drug-likeness (QED) is 0.312. The molecule has 174 valence electrons. The first-order valence-electron chi connectivity index (χ1n) is 14.7. The van der Waals surface area contributed by atoms with E-state index in [2.05, 4.69) is 13.8 Å². The summed E-state index contributed by atoms with van der Waals surface area (Å²) in [6, 6.07) is 0. The predicted octanol–water partition coefficient (Wildman–Crippen LogP) is 10.1. The normalized spacial score (nSPS) is 41.8. The summed E-state index contributed by atoms with van der Waals surface area (Å²) in [6.45, 7) is 4.70. The molecule has 5 saturated carbocycles. The van der Waals surface area contributed by atoms with Gasteiger partial charge >= 0.3 is 0 Å². The Labute approximate surface area is 189 Å². The van der Waals surface area contributed by atoms with E-state index >= 15 is 0 Å². The van der Waals surface area contributed by atoms with Crippen LogP contribution in [-0.4, -0.2) is 0 Å². The molecule has 0 aromatic carbocycles. The minimum absolute atomic E-state index is 0.799. The standard InChI is InChI=1S/C30H54/c1-3-5-7-9-25-11-15-27(16-12-25)29-19-22-30(23-20-29,24-21-29)28-17-13-26(14-18-28)10-8-6-4-2/h25-28H,3-24H2,1-2H3. The SMILES string of the molecule is CCCCCC1CCC(C23CCC(C4CCC(CCCCC)CC4)(CC2)CC3)CC1. The summed E-state index contributed by atoms with van der Waals surface area (Å²) in [5, 5.41) is 0. The minimum atomic E-state index is 0.799. The Morgan fingerprint density at radius 1 is 0.467 bits per heavy atom. The molecule has 5 aliphatic rings. The summed E-state index contributed by atoms with van der Waals surface area (Å²) >= 11 is 0. The Morgan fingerprint density at radius 2 is 0.800 bits per heavy atom. The lowest BCUT2D eigenvalue weighted by molar-refractivity contribution is -0.0960. The van der Waals surface area contributed by atoms with Crippen LogP contribution in [0.3, 0.4) is 0 Å². The fourth-order valence-electron chi connectivity index (χ4n) is 8.96. The van der Waals surface area contributed by atoms with E-state index in [4.69, 9.17) is 0 Å². The molecule has 30 heavy (non-hydrogen) atoms. The van der Waals surface area contributed by atoms with Crippen molar-refractivity contribution in [1.82, 2.24) is 0 Å². The average Bonchev–Trinajstić information content (AvgIpc) is 2.81. The van der Waals surface area contributed by atoms with Gasteiger partial charge in [-0.3, -0.25) is 0 Å². The van der Waals surface area contributed by atoms with Crippen molar-refractivity contribution < 1.29 is 0 Å². The maximum atomic E-state index is 2.35. The highest BCUT2D eigenvalue weighted by molar-refractivity contribution is 5.05. The van der Waals surface area contributed by atoms with Crippen LogP contribution in [0.25, 0.3) is 0 Å². The lowest BCUT2D eigenvalue weighted by Crippen LogP contribution is -2.49. The molecular weight excluding hydrogens is 360 g/mol. The van der Waals surface area contributed by atoms with E-state index in [0.717, 1.165) is 34.5 Å². The predicted molar refractivity (Wildman–Crippen MR) is 132 cm³/mol. The van der Waals surface area contributed by atoms with Crippen LogP contribution >= 0.6 is 0 Å². The van der Waals surface area contributed by atoms with Crippen LogP contribution in [0, 0.1) is 34.5 Å². The molecule has 0 aromatic heterocycles. The van der Waals surface area contributed by atoms with Crippen LogP contribution < -0.4 is 0 Å². The Morgan fingerprint density at radius 3 is 1.10 bits per heavy atom. The Hall–Kier alpha value is 0. The number of hydrogen-bond acceptors (Lipinski definition) is 0. The van der Waals surface area contributed by atoms with E-state index in [1.54, 1.807) is 89.9 Å². The molecule has 5 fully saturated rings. The van der Waals surface area contributed by atoms with Gasteiger partial charge in [0.1, 0.15) is 0 Å². The lowest BCUT2D eigenvalue weighted by atomic mass is 9.45. The van der Waals surface area contributed by atoms with E-state index in [1.807, 2.05) is 0 Å². The van der Waals surface area contributed by atoms with Gasteiger partial charge in [-0.2, -0.15) is 0 Å². The van der Waals surface area contributed by atoms with Crippen LogP contribution in [0.2, 0.25) is 0 Å². The Kier molecular flexibility index (Phi) is 8.30. The van der Waals surface area contributed by atoms with Crippen molar-refractivity contribution in [1.29, 1.82) is 0 Å². The molecule has 0 N–H and O–H groups in total. The van der Waals surface area contributed by atoms with Crippen LogP contribution in [0.1, 0.15) is 155 Å². The van der Waals surface area contributed by atoms with E-state index in [9.17, 15) is 0 Å². The molecule has 2 bridgehead atoms. The highest BCUT2D eigenvalue weighted by Gasteiger charge is 2.54. The molecule has 0 heterocycles. The van der Waals surface area contributed by atoms with E-state index in [0.29, 0.717) is 0 Å². The highest BCUT2D eigenvalue weighted by Crippen LogP contribution is 2.66. The Balaban J connectivity index is 1.22. The summed E-state index contributed by atoms with van der Waals surface area (Å²) in [5.74, 6) is 4.38.